The molecule has 0 aliphatic rings. The van der Waals surface area contributed by atoms with E-state index >= 15 is 0 Å². The van der Waals surface area contributed by atoms with Crippen LogP contribution in [0.3, 0.4) is 0 Å². The minimum atomic E-state index is -0.329. The monoisotopic (exact) mass is 454 g/mol. The molecular weight excluding hydrogens is 439 g/mol. The highest BCUT2D eigenvalue weighted by atomic mass is 79.9. The molecule has 146 valence electrons. The summed E-state index contributed by atoms with van der Waals surface area (Å²) in [7, 11) is 0. The van der Waals surface area contributed by atoms with E-state index in [2.05, 4.69) is 15.9 Å². The van der Waals surface area contributed by atoms with Crippen molar-refractivity contribution in [3.8, 4) is 17.2 Å². The van der Waals surface area contributed by atoms with Crippen LogP contribution in [-0.4, -0.2) is 0 Å². The molecule has 0 N–H and O–H groups in total. The molecule has 0 atom stereocenters. The number of fused-ring (bicyclic) bond motifs is 1. The molecule has 0 saturated carbocycles. The molecule has 0 aliphatic carbocycles. The second-order valence-corrected chi connectivity index (χ2v) is 7.24. The van der Waals surface area contributed by atoms with Gasteiger partial charge in [0.05, 0.1) is 9.86 Å². The number of ether oxygens (including phenoxy) is 2. The topological polar surface area (TPSA) is 48.7 Å². The lowest BCUT2D eigenvalue weighted by molar-refractivity contribution is 0.299. The molecule has 0 aliphatic heterocycles. The van der Waals surface area contributed by atoms with Gasteiger partial charge >= 0.3 is 0 Å². The van der Waals surface area contributed by atoms with Gasteiger partial charge in [-0.2, -0.15) is 0 Å². The Labute approximate surface area is 174 Å². The van der Waals surface area contributed by atoms with E-state index in [9.17, 15) is 9.18 Å². The van der Waals surface area contributed by atoms with Crippen molar-refractivity contribution in [1.29, 1.82) is 0 Å². The van der Waals surface area contributed by atoms with Gasteiger partial charge in [0.15, 0.2) is 0 Å². The zero-order valence-electron chi connectivity index (χ0n) is 15.4. The van der Waals surface area contributed by atoms with Crippen LogP contribution in [0.4, 0.5) is 4.39 Å². The van der Waals surface area contributed by atoms with Gasteiger partial charge < -0.3 is 13.9 Å². The van der Waals surface area contributed by atoms with Crippen LogP contribution in [0.5, 0.6) is 17.2 Å². The molecule has 0 radical (unpaired) electrons. The van der Waals surface area contributed by atoms with Gasteiger partial charge in [-0.3, -0.25) is 4.79 Å². The van der Waals surface area contributed by atoms with Gasteiger partial charge in [0.2, 0.25) is 11.2 Å². The Balaban J connectivity index is 1.64. The van der Waals surface area contributed by atoms with Crippen LogP contribution in [0, 0.1) is 12.7 Å². The second-order valence-electron chi connectivity index (χ2n) is 6.39. The van der Waals surface area contributed by atoms with E-state index in [0.717, 1.165) is 4.47 Å². The third-order valence-corrected chi connectivity index (χ3v) is 5.04. The molecule has 0 saturated heterocycles. The summed E-state index contributed by atoms with van der Waals surface area (Å²) in [6.45, 7) is 1.74. The standard InChI is InChI=1S/C23H16BrFO4/c1-14-23(29-20-9-5-3-7-18(20)24)22(26)17-11-10-16(12-21(17)28-14)27-13-15-6-2-4-8-19(15)25/h2-12H,13H2,1H3. The normalized spacial score (nSPS) is 10.9. The van der Waals surface area contributed by atoms with E-state index in [1.807, 2.05) is 18.2 Å². The maximum Gasteiger partial charge on any atom is 0.235 e. The summed E-state index contributed by atoms with van der Waals surface area (Å²) < 4.78 is 31.8. The molecule has 29 heavy (non-hydrogen) atoms. The number of aryl methyl sites for hydroxylation is 1. The summed E-state index contributed by atoms with van der Waals surface area (Å²) >= 11 is 3.40. The molecule has 0 amide bonds. The summed E-state index contributed by atoms with van der Waals surface area (Å²) in [5, 5.41) is 0.371. The molecule has 0 bridgehead atoms. The number of benzene rings is 3. The summed E-state index contributed by atoms with van der Waals surface area (Å²) in [5.41, 5.74) is 0.542. The third-order valence-electron chi connectivity index (χ3n) is 4.39. The van der Waals surface area contributed by atoms with E-state index in [-0.39, 0.29) is 23.6 Å². The summed E-state index contributed by atoms with van der Waals surface area (Å²) in [6, 6.07) is 18.6. The van der Waals surface area contributed by atoms with E-state index in [1.165, 1.54) is 6.07 Å². The van der Waals surface area contributed by atoms with Crippen LogP contribution in [0.1, 0.15) is 11.3 Å². The van der Waals surface area contributed by atoms with Gasteiger partial charge in [-0.05, 0) is 53.2 Å². The Morgan fingerprint density at radius 1 is 1.03 bits per heavy atom. The highest BCUT2D eigenvalue weighted by Gasteiger charge is 2.15. The Kier molecular flexibility index (Phi) is 5.36. The van der Waals surface area contributed by atoms with Crippen LogP contribution in [0.25, 0.3) is 11.0 Å². The quantitative estimate of drug-likeness (QED) is 0.351. The van der Waals surface area contributed by atoms with Gasteiger partial charge in [-0.1, -0.05) is 30.3 Å². The van der Waals surface area contributed by atoms with Crippen molar-refractivity contribution in [2.24, 2.45) is 0 Å². The zero-order chi connectivity index (χ0) is 20.4. The first-order chi connectivity index (χ1) is 14.0. The largest absolute Gasteiger partial charge is 0.489 e. The lowest BCUT2D eigenvalue weighted by atomic mass is 10.2. The summed E-state index contributed by atoms with van der Waals surface area (Å²) in [6.07, 6.45) is 0. The number of halogens is 2. The van der Waals surface area contributed by atoms with E-state index in [1.54, 1.807) is 49.4 Å². The van der Waals surface area contributed by atoms with E-state index in [4.69, 9.17) is 13.9 Å². The summed E-state index contributed by atoms with van der Waals surface area (Å²) in [4.78, 5) is 12.9. The van der Waals surface area contributed by atoms with Gasteiger partial charge in [-0.25, -0.2) is 4.39 Å². The Bertz CT molecular complexity index is 1250. The number of hydrogen-bond acceptors (Lipinski definition) is 4. The molecule has 1 aromatic heterocycles. The fraction of sp³-hybridized carbons (Fsp3) is 0.0870. The zero-order valence-corrected chi connectivity index (χ0v) is 17.0. The maximum atomic E-state index is 13.7. The molecule has 4 nitrogen and oxygen atoms in total. The second kappa shape index (κ2) is 8.09. The first kappa shape index (κ1) is 19.2. The van der Waals surface area contributed by atoms with Crippen molar-refractivity contribution in [3.63, 3.8) is 0 Å². The van der Waals surface area contributed by atoms with Gasteiger partial charge in [-0.15, -0.1) is 0 Å². The highest BCUT2D eigenvalue weighted by Crippen LogP contribution is 2.31. The van der Waals surface area contributed by atoms with Gasteiger partial charge in [0.25, 0.3) is 0 Å². The first-order valence-electron chi connectivity index (χ1n) is 8.89. The minimum absolute atomic E-state index is 0.0740. The van der Waals surface area contributed by atoms with Crippen molar-refractivity contribution in [2.45, 2.75) is 13.5 Å². The highest BCUT2D eigenvalue weighted by molar-refractivity contribution is 9.10. The molecule has 1 heterocycles. The Morgan fingerprint density at radius 3 is 2.59 bits per heavy atom. The van der Waals surface area contributed by atoms with Gasteiger partial charge in [0.1, 0.15) is 35.3 Å². The Morgan fingerprint density at radius 2 is 1.79 bits per heavy atom. The molecular formula is C23H16BrFO4. The lowest BCUT2D eigenvalue weighted by Crippen LogP contribution is -2.08. The van der Waals surface area contributed by atoms with Crippen molar-refractivity contribution < 1.29 is 18.3 Å². The van der Waals surface area contributed by atoms with Crippen molar-refractivity contribution >= 4 is 26.9 Å². The fourth-order valence-electron chi connectivity index (χ4n) is 2.89. The van der Waals surface area contributed by atoms with Crippen molar-refractivity contribution in [1.82, 2.24) is 0 Å². The molecule has 3 aromatic carbocycles. The summed E-state index contributed by atoms with van der Waals surface area (Å²) in [5.74, 6) is 1.15. The third kappa shape index (κ3) is 4.03. The number of para-hydroxylation sites is 1. The van der Waals surface area contributed by atoms with Crippen molar-refractivity contribution in [2.75, 3.05) is 0 Å². The van der Waals surface area contributed by atoms with Crippen molar-refractivity contribution in [3.05, 3.63) is 98.6 Å². The average Bonchev–Trinajstić information content (AvgIpc) is 2.71. The van der Waals surface area contributed by atoms with Crippen LogP contribution in [-0.2, 0) is 6.61 Å². The van der Waals surface area contributed by atoms with Crippen LogP contribution < -0.4 is 14.9 Å². The average molecular weight is 455 g/mol. The first-order valence-corrected chi connectivity index (χ1v) is 9.68. The van der Waals surface area contributed by atoms with Crippen LogP contribution in [0.15, 0.2) is 80.4 Å². The van der Waals surface area contributed by atoms with E-state index in [0.29, 0.717) is 33.8 Å². The minimum Gasteiger partial charge on any atom is -0.489 e. The molecule has 0 spiro atoms. The molecule has 6 heteroatoms. The molecule has 4 aromatic rings. The molecule has 0 fully saturated rings. The molecule has 4 rings (SSSR count). The van der Waals surface area contributed by atoms with Crippen LogP contribution >= 0.6 is 15.9 Å². The maximum absolute atomic E-state index is 13.7. The fourth-order valence-corrected chi connectivity index (χ4v) is 3.26. The molecule has 0 unspecified atom stereocenters. The number of rotatable bonds is 5. The Hall–Kier alpha value is -3.12. The smallest absolute Gasteiger partial charge is 0.235 e. The SMILES string of the molecule is Cc1oc2cc(OCc3ccccc3F)ccc2c(=O)c1Oc1ccccc1Br. The number of hydrogen-bond donors (Lipinski definition) is 0. The predicted octanol–water partition coefficient (Wildman–Crippen LogP) is 6.37. The van der Waals surface area contributed by atoms with Crippen LogP contribution in [0.2, 0.25) is 0 Å². The van der Waals surface area contributed by atoms with Gasteiger partial charge in [0, 0.05) is 11.6 Å². The predicted molar refractivity (Wildman–Crippen MR) is 112 cm³/mol. The van der Waals surface area contributed by atoms with E-state index < -0.39 is 0 Å². The lowest BCUT2D eigenvalue weighted by Gasteiger charge is -2.11.